The number of nitrogens with one attached hydrogen (secondary N) is 2. The van der Waals surface area contributed by atoms with Gasteiger partial charge in [0.25, 0.3) is 5.91 Å². The lowest BCUT2D eigenvalue weighted by Crippen LogP contribution is -2.28. The maximum atomic E-state index is 12.6. The molecule has 3 rings (SSSR count). The molecule has 0 unspecified atom stereocenters. The molecule has 2 aromatic carbocycles. The van der Waals surface area contributed by atoms with Crippen LogP contribution in [0.4, 0.5) is 5.69 Å². The van der Waals surface area contributed by atoms with Crippen molar-refractivity contribution in [2.75, 3.05) is 18.2 Å². The van der Waals surface area contributed by atoms with Crippen LogP contribution in [-0.2, 0) is 11.3 Å². The molecule has 0 aliphatic carbocycles. The van der Waals surface area contributed by atoms with Crippen LogP contribution in [0.1, 0.15) is 47.2 Å². The van der Waals surface area contributed by atoms with Crippen molar-refractivity contribution < 1.29 is 14.3 Å². The van der Waals surface area contributed by atoms with E-state index < -0.39 is 0 Å². The monoisotopic (exact) mass is 467 g/mol. The highest BCUT2D eigenvalue weighted by molar-refractivity contribution is 7.99. The second-order valence-corrected chi connectivity index (χ2v) is 8.55. The van der Waals surface area contributed by atoms with Crippen molar-refractivity contribution in [1.29, 1.82) is 0 Å². The van der Waals surface area contributed by atoms with E-state index in [-0.39, 0.29) is 23.6 Å². The largest absolute Gasteiger partial charge is 0.497 e. The minimum absolute atomic E-state index is 0.106. The van der Waals surface area contributed by atoms with Crippen LogP contribution >= 0.6 is 11.8 Å². The molecule has 33 heavy (non-hydrogen) atoms. The Labute approximate surface area is 198 Å². The Morgan fingerprint density at radius 3 is 2.36 bits per heavy atom. The Morgan fingerprint density at radius 1 is 1.09 bits per heavy atom. The molecule has 3 aromatic rings. The first-order chi connectivity index (χ1) is 15.8. The highest BCUT2D eigenvalue weighted by Gasteiger charge is 2.20. The normalized spacial score (nSPS) is 11.7. The molecule has 2 N–H and O–H groups in total. The minimum atomic E-state index is -0.357. The lowest BCUT2D eigenvalue weighted by atomic mass is 10.1. The summed E-state index contributed by atoms with van der Waals surface area (Å²) in [5.74, 6) is 1.22. The molecule has 0 aliphatic rings. The van der Waals surface area contributed by atoms with Crippen molar-refractivity contribution in [3.8, 4) is 5.75 Å². The predicted octanol–water partition coefficient (Wildman–Crippen LogP) is 4.15. The highest BCUT2D eigenvalue weighted by atomic mass is 32.2. The lowest BCUT2D eigenvalue weighted by Gasteiger charge is -2.15. The van der Waals surface area contributed by atoms with Crippen molar-refractivity contribution in [3.05, 3.63) is 65.0 Å². The Hall–Kier alpha value is -3.33. The molecule has 0 saturated carbocycles. The number of carbonyl (C=O) groups is 2. The van der Waals surface area contributed by atoms with Crippen LogP contribution in [0, 0.1) is 13.8 Å². The third-order valence-electron chi connectivity index (χ3n) is 5.23. The third-order valence-corrected chi connectivity index (χ3v) is 6.19. The van der Waals surface area contributed by atoms with E-state index in [2.05, 4.69) is 20.8 Å². The smallest absolute Gasteiger partial charge is 0.251 e. The summed E-state index contributed by atoms with van der Waals surface area (Å²) in [7, 11) is 1.58. The summed E-state index contributed by atoms with van der Waals surface area (Å²) >= 11 is 1.32. The summed E-state index contributed by atoms with van der Waals surface area (Å²) in [4.78, 5) is 25.1. The molecule has 1 atom stereocenters. The number of nitrogens with zero attached hydrogens (tertiary/aromatic N) is 3. The zero-order chi connectivity index (χ0) is 24.0. The van der Waals surface area contributed by atoms with Crippen LogP contribution in [0.5, 0.6) is 5.75 Å². The van der Waals surface area contributed by atoms with Gasteiger partial charge in [-0.3, -0.25) is 9.59 Å². The van der Waals surface area contributed by atoms with Crippen LogP contribution in [0.25, 0.3) is 0 Å². The van der Waals surface area contributed by atoms with Gasteiger partial charge in [0.1, 0.15) is 5.75 Å². The first-order valence-corrected chi connectivity index (χ1v) is 11.7. The zero-order valence-corrected chi connectivity index (χ0v) is 20.3. The molecular weight excluding hydrogens is 438 g/mol. The summed E-state index contributed by atoms with van der Waals surface area (Å²) in [6.45, 7) is 8.39. The van der Waals surface area contributed by atoms with E-state index >= 15 is 0 Å². The van der Waals surface area contributed by atoms with Crippen molar-refractivity contribution in [1.82, 2.24) is 20.1 Å². The molecule has 9 heteroatoms. The fraction of sp³-hybridized carbons (Fsp3) is 0.333. The van der Waals surface area contributed by atoms with Gasteiger partial charge in [-0.25, -0.2) is 0 Å². The standard InChI is InChI=1S/C24H29N5O3S/c1-6-29-22(17(4)25-23(31)18-10-12-19(32-5)13-11-18)27-28-24(29)33-14-20(30)26-21-15(2)8-7-9-16(21)3/h7-13,17H,6,14H2,1-5H3,(H,25,31)(H,26,30)/t17-/m0/s1. The summed E-state index contributed by atoms with van der Waals surface area (Å²) in [6, 6.07) is 12.5. The van der Waals surface area contributed by atoms with E-state index in [1.807, 2.05) is 50.5 Å². The van der Waals surface area contributed by atoms with Crippen LogP contribution in [0.2, 0.25) is 0 Å². The molecular formula is C24H29N5O3S. The molecule has 1 aromatic heterocycles. The zero-order valence-electron chi connectivity index (χ0n) is 19.5. The summed E-state index contributed by atoms with van der Waals surface area (Å²) in [5, 5.41) is 15.1. The third kappa shape index (κ3) is 5.92. The number of para-hydroxylation sites is 1. The van der Waals surface area contributed by atoms with E-state index in [1.165, 1.54) is 11.8 Å². The van der Waals surface area contributed by atoms with Crippen LogP contribution < -0.4 is 15.4 Å². The maximum absolute atomic E-state index is 12.6. The molecule has 0 aliphatic heterocycles. The lowest BCUT2D eigenvalue weighted by molar-refractivity contribution is -0.113. The second-order valence-electron chi connectivity index (χ2n) is 7.61. The van der Waals surface area contributed by atoms with Gasteiger partial charge < -0.3 is 19.9 Å². The molecule has 2 amide bonds. The first kappa shape index (κ1) is 24.3. The number of ether oxygens (including phenoxy) is 1. The van der Waals surface area contributed by atoms with Crippen molar-refractivity contribution in [3.63, 3.8) is 0 Å². The van der Waals surface area contributed by atoms with Crippen LogP contribution in [0.3, 0.4) is 0 Å². The van der Waals surface area contributed by atoms with Gasteiger partial charge in [-0.15, -0.1) is 10.2 Å². The molecule has 174 valence electrons. The number of anilines is 1. The Morgan fingerprint density at radius 2 is 1.76 bits per heavy atom. The Balaban J connectivity index is 1.63. The van der Waals surface area contributed by atoms with Gasteiger partial charge >= 0.3 is 0 Å². The number of aromatic nitrogens is 3. The van der Waals surface area contributed by atoms with E-state index in [0.29, 0.717) is 28.8 Å². The fourth-order valence-electron chi connectivity index (χ4n) is 3.43. The maximum Gasteiger partial charge on any atom is 0.251 e. The number of rotatable bonds is 9. The molecule has 0 bridgehead atoms. The number of amides is 2. The van der Waals surface area contributed by atoms with E-state index in [1.54, 1.807) is 31.4 Å². The number of methoxy groups -OCH3 is 1. The van der Waals surface area contributed by atoms with Crippen molar-refractivity contribution in [2.24, 2.45) is 0 Å². The molecule has 0 spiro atoms. The quantitative estimate of drug-likeness (QED) is 0.459. The molecule has 0 saturated heterocycles. The Bertz CT molecular complexity index is 1110. The summed E-state index contributed by atoms with van der Waals surface area (Å²) < 4.78 is 7.05. The topological polar surface area (TPSA) is 98.1 Å². The fourth-order valence-corrected chi connectivity index (χ4v) is 4.24. The number of hydrogen-bond acceptors (Lipinski definition) is 6. The van der Waals surface area contributed by atoms with Gasteiger partial charge in [0.2, 0.25) is 5.91 Å². The van der Waals surface area contributed by atoms with Crippen molar-refractivity contribution in [2.45, 2.75) is 45.4 Å². The first-order valence-electron chi connectivity index (χ1n) is 10.7. The van der Waals surface area contributed by atoms with Crippen LogP contribution in [0.15, 0.2) is 47.6 Å². The second kappa shape index (κ2) is 11.0. The van der Waals surface area contributed by atoms with Crippen molar-refractivity contribution >= 4 is 29.3 Å². The average molecular weight is 468 g/mol. The molecule has 0 radical (unpaired) electrons. The van der Waals surface area contributed by atoms with Crippen LogP contribution in [-0.4, -0.2) is 39.4 Å². The molecule has 1 heterocycles. The SMILES string of the molecule is CCn1c(SCC(=O)Nc2c(C)cccc2C)nnc1[C@H](C)NC(=O)c1ccc(OC)cc1. The number of hydrogen-bond donors (Lipinski definition) is 2. The number of aryl methyl sites for hydroxylation is 2. The summed E-state index contributed by atoms with van der Waals surface area (Å²) in [5.41, 5.74) is 3.42. The van der Waals surface area contributed by atoms with Gasteiger partial charge in [0, 0.05) is 17.8 Å². The van der Waals surface area contributed by atoms with E-state index in [4.69, 9.17) is 4.74 Å². The van der Waals surface area contributed by atoms with Gasteiger partial charge in [0.05, 0.1) is 18.9 Å². The highest BCUT2D eigenvalue weighted by Crippen LogP contribution is 2.23. The number of carbonyl (C=O) groups excluding carboxylic acids is 2. The van der Waals surface area contributed by atoms with Gasteiger partial charge in [0.15, 0.2) is 11.0 Å². The van der Waals surface area contributed by atoms with E-state index in [0.717, 1.165) is 16.8 Å². The minimum Gasteiger partial charge on any atom is -0.497 e. The van der Waals surface area contributed by atoms with Gasteiger partial charge in [-0.1, -0.05) is 30.0 Å². The predicted molar refractivity (Wildman–Crippen MR) is 130 cm³/mol. The summed E-state index contributed by atoms with van der Waals surface area (Å²) in [6.07, 6.45) is 0. The average Bonchev–Trinajstić information content (AvgIpc) is 3.23. The van der Waals surface area contributed by atoms with E-state index in [9.17, 15) is 9.59 Å². The number of benzene rings is 2. The van der Waals surface area contributed by atoms with Gasteiger partial charge in [-0.05, 0) is 63.1 Å². The molecule has 0 fully saturated rings. The Kier molecular flexibility index (Phi) is 8.11. The number of thioether (sulfide) groups is 1. The van der Waals surface area contributed by atoms with Gasteiger partial charge in [-0.2, -0.15) is 0 Å². The molecule has 8 nitrogen and oxygen atoms in total.